The number of carbonyl (C=O) groups is 3. The van der Waals surface area contributed by atoms with Crippen molar-refractivity contribution in [2.45, 2.75) is 71.8 Å². The third-order valence-corrected chi connectivity index (χ3v) is 12.1. The van der Waals surface area contributed by atoms with Crippen molar-refractivity contribution in [1.29, 1.82) is 0 Å². The molecule has 12 nitrogen and oxygen atoms in total. The molecule has 57 heavy (non-hydrogen) atoms. The van der Waals surface area contributed by atoms with Crippen LogP contribution in [0.15, 0.2) is 59.5 Å². The highest BCUT2D eigenvalue weighted by Crippen LogP contribution is 2.28. The SMILES string of the molecule is C=C(C)NC(C(=O)N1CCN(CC(C)CCN(CC)CC(=O)N2CCN(C(=O)c3cc(Cc4n[nH]c(=O)c5ccccc45)ccc3F)CC2)CC1)C1CCCCC1. The monoisotopic (exact) mass is 784 g/mol. The van der Waals surface area contributed by atoms with Crippen LogP contribution in [0, 0.1) is 17.7 Å². The first-order valence-electron chi connectivity index (χ1n) is 21.0. The van der Waals surface area contributed by atoms with Gasteiger partial charge in [0.15, 0.2) is 0 Å². The maximum absolute atomic E-state index is 15.0. The quantitative estimate of drug-likeness (QED) is 0.231. The molecule has 3 amide bonds. The molecule has 2 unspecified atom stereocenters. The van der Waals surface area contributed by atoms with Crippen LogP contribution in [0.5, 0.6) is 0 Å². The largest absolute Gasteiger partial charge is 0.378 e. The smallest absolute Gasteiger partial charge is 0.272 e. The fraction of sp³-hybridized carbons (Fsp3) is 0.568. The highest BCUT2D eigenvalue weighted by atomic mass is 19.1. The number of fused-ring (bicyclic) bond motifs is 1. The molecule has 2 atom stereocenters. The molecule has 2 aliphatic heterocycles. The predicted molar refractivity (Wildman–Crippen MR) is 221 cm³/mol. The van der Waals surface area contributed by atoms with Crippen molar-refractivity contribution in [3.63, 3.8) is 0 Å². The van der Waals surface area contributed by atoms with Gasteiger partial charge in [0, 0.05) is 76.4 Å². The van der Waals surface area contributed by atoms with Gasteiger partial charge in [-0.25, -0.2) is 9.49 Å². The summed E-state index contributed by atoms with van der Waals surface area (Å²) < 4.78 is 15.0. The standard InChI is InChI=1S/C44H61FN8O4/c1-5-49(18-17-32(4)29-50-19-21-53(22-20-50)44(57)41(46-31(2)3)34-11-7-6-8-12-34)30-40(54)51-23-25-52(26-24-51)43(56)37-27-33(15-16-38(37)45)28-39-35-13-9-10-14-36(35)42(55)48-47-39/h9-10,13-16,27,32,34,41,46H,2,5-8,11-12,17-26,28-30H2,1,3-4H3,(H,48,55). The van der Waals surface area contributed by atoms with E-state index in [-0.39, 0.29) is 29.0 Å². The van der Waals surface area contributed by atoms with E-state index in [1.54, 1.807) is 34.1 Å². The second-order valence-corrected chi connectivity index (χ2v) is 16.4. The topological polar surface area (TPSA) is 125 Å². The lowest BCUT2D eigenvalue weighted by molar-refractivity contribution is -0.137. The second kappa shape index (κ2) is 19.7. The summed E-state index contributed by atoms with van der Waals surface area (Å²) in [6.45, 7) is 17.8. The Labute approximate surface area is 336 Å². The van der Waals surface area contributed by atoms with E-state index in [1.165, 1.54) is 25.3 Å². The zero-order chi connectivity index (χ0) is 40.5. The molecule has 0 radical (unpaired) electrons. The second-order valence-electron chi connectivity index (χ2n) is 16.4. The Morgan fingerprint density at radius 2 is 1.61 bits per heavy atom. The molecule has 0 spiro atoms. The van der Waals surface area contributed by atoms with E-state index < -0.39 is 11.7 Å². The fourth-order valence-electron chi connectivity index (χ4n) is 8.71. The van der Waals surface area contributed by atoms with Crippen LogP contribution >= 0.6 is 0 Å². The van der Waals surface area contributed by atoms with Crippen LogP contribution < -0.4 is 10.9 Å². The summed E-state index contributed by atoms with van der Waals surface area (Å²) in [6, 6.07) is 11.5. The van der Waals surface area contributed by atoms with Crippen molar-refractivity contribution < 1.29 is 18.8 Å². The molecular weight excluding hydrogens is 724 g/mol. The maximum Gasteiger partial charge on any atom is 0.272 e. The molecule has 1 aliphatic carbocycles. The number of nitrogens with one attached hydrogen (secondary N) is 2. The van der Waals surface area contributed by atoms with Gasteiger partial charge in [-0.05, 0) is 74.9 Å². The highest BCUT2D eigenvalue weighted by Gasteiger charge is 2.34. The van der Waals surface area contributed by atoms with Crippen molar-refractivity contribution in [3.05, 3.63) is 87.7 Å². The molecule has 13 heteroatoms. The van der Waals surface area contributed by atoms with E-state index in [2.05, 4.69) is 45.7 Å². The lowest BCUT2D eigenvalue weighted by Crippen LogP contribution is -2.56. The average Bonchev–Trinajstić information content (AvgIpc) is 3.23. The number of aromatic amines is 1. The van der Waals surface area contributed by atoms with Crippen molar-refractivity contribution in [2.24, 2.45) is 11.8 Å². The van der Waals surface area contributed by atoms with E-state index in [9.17, 15) is 19.2 Å². The number of amides is 3. The molecular formula is C44H61FN8O4. The van der Waals surface area contributed by atoms with E-state index in [0.29, 0.717) is 73.0 Å². The number of allylic oxidation sites excluding steroid dienone is 1. The molecule has 2 N–H and O–H groups in total. The van der Waals surface area contributed by atoms with Gasteiger partial charge in [-0.1, -0.05) is 64.0 Å². The van der Waals surface area contributed by atoms with Gasteiger partial charge in [0.2, 0.25) is 11.8 Å². The normalized spacial score (nSPS) is 18.2. The van der Waals surface area contributed by atoms with E-state index in [4.69, 9.17) is 0 Å². The van der Waals surface area contributed by atoms with Crippen LogP contribution in [-0.4, -0.2) is 137 Å². The summed E-state index contributed by atoms with van der Waals surface area (Å²) in [7, 11) is 0. The summed E-state index contributed by atoms with van der Waals surface area (Å²) in [5.41, 5.74) is 1.91. The van der Waals surface area contributed by atoms with Gasteiger partial charge in [0.25, 0.3) is 11.5 Å². The fourth-order valence-corrected chi connectivity index (χ4v) is 8.71. The number of likely N-dealkylation sites (N-methyl/N-ethyl adjacent to an activating group) is 1. The number of hydrogen-bond donors (Lipinski definition) is 2. The van der Waals surface area contributed by atoms with Crippen LogP contribution in [0.4, 0.5) is 4.39 Å². The number of piperazine rings is 2. The van der Waals surface area contributed by atoms with Gasteiger partial charge >= 0.3 is 0 Å². The molecule has 1 saturated carbocycles. The minimum absolute atomic E-state index is 0.0122. The molecule has 2 saturated heterocycles. The lowest BCUT2D eigenvalue weighted by atomic mass is 9.83. The van der Waals surface area contributed by atoms with Crippen molar-refractivity contribution in [2.75, 3.05) is 78.5 Å². The number of benzene rings is 2. The van der Waals surface area contributed by atoms with Gasteiger partial charge in [0.05, 0.1) is 23.2 Å². The first-order chi connectivity index (χ1) is 27.5. The maximum atomic E-state index is 15.0. The number of H-pyrrole nitrogens is 1. The van der Waals surface area contributed by atoms with Crippen molar-refractivity contribution >= 4 is 28.5 Å². The lowest BCUT2D eigenvalue weighted by Gasteiger charge is -2.40. The highest BCUT2D eigenvalue weighted by molar-refractivity contribution is 5.95. The minimum atomic E-state index is -0.596. The van der Waals surface area contributed by atoms with Crippen LogP contribution in [0.3, 0.4) is 0 Å². The molecule has 3 fully saturated rings. The number of rotatable bonds is 15. The Bertz CT molecular complexity index is 1930. The van der Waals surface area contributed by atoms with Gasteiger partial charge in [-0.3, -0.25) is 29.0 Å². The molecule has 6 rings (SSSR count). The van der Waals surface area contributed by atoms with Gasteiger partial charge < -0.3 is 20.0 Å². The number of halogens is 1. The Balaban J connectivity index is 0.926. The summed E-state index contributed by atoms with van der Waals surface area (Å²) in [5.74, 6) is 0.0877. The van der Waals surface area contributed by atoms with Gasteiger partial charge in [-0.2, -0.15) is 5.10 Å². The molecule has 2 aromatic carbocycles. The third-order valence-electron chi connectivity index (χ3n) is 12.1. The molecule has 3 aliphatic rings. The Morgan fingerprint density at radius 1 is 0.947 bits per heavy atom. The van der Waals surface area contributed by atoms with Crippen molar-refractivity contribution in [3.8, 4) is 0 Å². The first-order valence-corrected chi connectivity index (χ1v) is 21.0. The van der Waals surface area contributed by atoms with Crippen molar-refractivity contribution in [1.82, 2.24) is 40.0 Å². The number of nitrogens with zero attached hydrogens (tertiary/aromatic N) is 6. The summed E-state index contributed by atoms with van der Waals surface area (Å²) >= 11 is 0. The van der Waals surface area contributed by atoms with Crippen LogP contribution in [0.2, 0.25) is 0 Å². The number of hydrogen-bond acceptors (Lipinski definition) is 8. The first kappa shape index (κ1) is 42.0. The van der Waals surface area contributed by atoms with Crippen LogP contribution in [-0.2, 0) is 16.0 Å². The summed E-state index contributed by atoms with van der Waals surface area (Å²) in [5, 5.41) is 11.4. The number of aromatic nitrogens is 2. The number of carbonyl (C=O) groups excluding carboxylic acids is 3. The Hall–Kier alpha value is -4.62. The molecule has 1 aromatic heterocycles. The van der Waals surface area contributed by atoms with Gasteiger partial charge in [0.1, 0.15) is 11.9 Å². The molecule has 308 valence electrons. The Morgan fingerprint density at radius 3 is 2.30 bits per heavy atom. The van der Waals surface area contributed by atoms with Gasteiger partial charge in [-0.15, -0.1) is 0 Å². The Kier molecular flexibility index (Phi) is 14.5. The van der Waals surface area contributed by atoms with E-state index >= 15 is 4.39 Å². The summed E-state index contributed by atoms with van der Waals surface area (Å²) in [4.78, 5) is 62.9. The zero-order valence-corrected chi connectivity index (χ0v) is 34.1. The average molecular weight is 785 g/mol. The van der Waals surface area contributed by atoms with E-state index in [0.717, 1.165) is 70.8 Å². The minimum Gasteiger partial charge on any atom is -0.378 e. The third kappa shape index (κ3) is 10.9. The molecule has 0 bridgehead atoms. The molecule has 3 aromatic rings. The molecule has 3 heterocycles. The van der Waals surface area contributed by atoms with Crippen LogP contribution in [0.25, 0.3) is 10.8 Å². The predicted octanol–water partition coefficient (Wildman–Crippen LogP) is 4.50. The zero-order valence-electron chi connectivity index (χ0n) is 34.1. The summed E-state index contributed by atoms with van der Waals surface area (Å²) in [6.07, 6.45) is 7.14. The van der Waals surface area contributed by atoms with E-state index in [1.807, 2.05) is 24.0 Å². The van der Waals surface area contributed by atoms with Crippen LogP contribution in [0.1, 0.15) is 80.9 Å².